The number of nitrogens with one attached hydrogen (secondary N) is 2. The van der Waals surface area contributed by atoms with Gasteiger partial charge >= 0.3 is 0 Å². The van der Waals surface area contributed by atoms with Crippen molar-refractivity contribution >= 4 is 5.96 Å². The summed E-state index contributed by atoms with van der Waals surface area (Å²) < 4.78 is 7.39. The predicted molar refractivity (Wildman–Crippen MR) is 99.0 cm³/mol. The number of aromatic nitrogens is 2. The summed E-state index contributed by atoms with van der Waals surface area (Å²) in [6.07, 6.45) is 5.55. The normalized spacial score (nSPS) is 16.0. The zero-order valence-corrected chi connectivity index (χ0v) is 14.7. The molecule has 1 aromatic heterocycles. The lowest BCUT2D eigenvalue weighted by atomic mass is 10.1. The zero-order chi connectivity index (χ0) is 17.3. The van der Waals surface area contributed by atoms with Crippen molar-refractivity contribution in [2.24, 2.45) is 4.99 Å². The molecule has 1 aliphatic heterocycles. The van der Waals surface area contributed by atoms with Crippen molar-refractivity contribution < 1.29 is 4.74 Å². The fraction of sp³-hybridized carbons (Fsp3) is 0.444. The third-order valence-corrected chi connectivity index (χ3v) is 4.27. The van der Waals surface area contributed by atoms with Crippen LogP contribution in [0.15, 0.2) is 48.0 Å². The van der Waals surface area contributed by atoms with Gasteiger partial charge in [-0.2, -0.15) is 0 Å². The Hall–Kier alpha value is -2.38. The van der Waals surface area contributed by atoms with E-state index in [-0.39, 0.29) is 0 Å². The molecule has 3 rings (SSSR count). The van der Waals surface area contributed by atoms with E-state index in [2.05, 4.69) is 37.6 Å². The van der Waals surface area contributed by atoms with Gasteiger partial charge in [0.05, 0.1) is 25.2 Å². The molecule has 1 aliphatic rings. The lowest BCUT2D eigenvalue weighted by molar-refractivity contribution is 0.0389. The molecule has 25 heavy (non-hydrogen) atoms. The number of para-hydroxylation sites is 1. The molecule has 134 valence electrons. The summed E-state index contributed by atoms with van der Waals surface area (Å²) in [5.41, 5.74) is 2.31. The van der Waals surface area contributed by atoms with Crippen molar-refractivity contribution in [3.05, 3.63) is 48.5 Å². The van der Waals surface area contributed by atoms with E-state index in [1.165, 1.54) is 5.56 Å². The molecule has 0 radical (unpaired) electrons. The fourth-order valence-corrected chi connectivity index (χ4v) is 2.87. The monoisotopic (exact) mass is 342 g/mol. The molecule has 2 aromatic rings. The Morgan fingerprint density at radius 1 is 1.24 bits per heavy atom. The Morgan fingerprint density at radius 2 is 2.08 bits per heavy atom. The minimum absolute atomic E-state index is 0.700. The molecule has 0 atom stereocenters. The second-order valence-electron chi connectivity index (χ2n) is 5.91. The van der Waals surface area contributed by atoms with E-state index in [0.29, 0.717) is 6.54 Å². The van der Waals surface area contributed by atoms with E-state index in [1.54, 1.807) is 13.2 Å². The number of ether oxygens (including phenoxy) is 1. The van der Waals surface area contributed by atoms with Crippen molar-refractivity contribution in [3.63, 3.8) is 0 Å². The highest BCUT2D eigenvalue weighted by Crippen LogP contribution is 2.13. The summed E-state index contributed by atoms with van der Waals surface area (Å²) in [7, 11) is 1.80. The highest BCUT2D eigenvalue weighted by Gasteiger charge is 2.10. The number of benzene rings is 1. The summed E-state index contributed by atoms with van der Waals surface area (Å²) in [5.74, 6) is 0.814. The minimum Gasteiger partial charge on any atom is -0.379 e. The van der Waals surface area contributed by atoms with Crippen molar-refractivity contribution in [2.75, 3.05) is 46.4 Å². The maximum Gasteiger partial charge on any atom is 0.191 e. The van der Waals surface area contributed by atoms with E-state index in [4.69, 9.17) is 4.74 Å². The van der Waals surface area contributed by atoms with Crippen molar-refractivity contribution in [3.8, 4) is 5.69 Å². The second-order valence-corrected chi connectivity index (χ2v) is 5.91. The number of aliphatic imine (C=N–C) groups is 1. The van der Waals surface area contributed by atoms with E-state index in [9.17, 15) is 0 Å². The third-order valence-electron chi connectivity index (χ3n) is 4.27. The molecule has 0 aliphatic carbocycles. The first-order chi connectivity index (χ1) is 12.4. The lowest BCUT2D eigenvalue weighted by Crippen LogP contribution is -2.44. The van der Waals surface area contributed by atoms with Crippen molar-refractivity contribution in [1.82, 2.24) is 25.1 Å². The Kier molecular flexibility index (Phi) is 6.42. The van der Waals surface area contributed by atoms with Gasteiger partial charge in [-0.3, -0.25) is 9.89 Å². The number of hydrogen-bond donors (Lipinski definition) is 2. The summed E-state index contributed by atoms with van der Waals surface area (Å²) in [5, 5.41) is 6.77. The molecular weight excluding hydrogens is 316 g/mol. The largest absolute Gasteiger partial charge is 0.379 e. The molecule has 1 saturated heterocycles. The zero-order valence-electron chi connectivity index (χ0n) is 14.7. The topological polar surface area (TPSA) is 66.7 Å². The quantitative estimate of drug-likeness (QED) is 0.602. The number of hydrogen-bond acceptors (Lipinski definition) is 4. The van der Waals surface area contributed by atoms with Crippen LogP contribution in [0.2, 0.25) is 0 Å². The predicted octanol–water partition coefficient (Wildman–Crippen LogP) is 0.870. The fourth-order valence-electron chi connectivity index (χ4n) is 2.87. The van der Waals surface area contributed by atoms with Crippen LogP contribution in [0.3, 0.4) is 0 Å². The van der Waals surface area contributed by atoms with Crippen LogP contribution in [0.5, 0.6) is 0 Å². The minimum atomic E-state index is 0.700. The van der Waals surface area contributed by atoms with Gasteiger partial charge in [0.1, 0.15) is 0 Å². The highest BCUT2D eigenvalue weighted by atomic mass is 16.5. The van der Waals surface area contributed by atoms with E-state index < -0.39 is 0 Å². The van der Waals surface area contributed by atoms with Gasteiger partial charge in [-0.15, -0.1) is 0 Å². The molecule has 0 saturated carbocycles. The summed E-state index contributed by atoms with van der Waals surface area (Å²) in [6, 6.07) is 8.29. The highest BCUT2D eigenvalue weighted by molar-refractivity contribution is 5.79. The summed E-state index contributed by atoms with van der Waals surface area (Å²) in [4.78, 5) is 10.8. The molecule has 0 amide bonds. The van der Waals surface area contributed by atoms with Crippen LogP contribution in [-0.4, -0.2) is 66.9 Å². The molecule has 1 aromatic carbocycles. The molecule has 0 bridgehead atoms. The van der Waals surface area contributed by atoms with Crippen molar-refractivity contribution in [1.29, 1.82) is 0 Å². The van der Waals surface area contributed by atoms with Gasteiger partial charge in [-0.05, 0) is 11.6 Å². The average Bonchev–Trinajstić information content (AvgIpc) is 3.20. The first-order valence-electron chi connectivity index (χ1n) is 8.67. The number of rotatable bonds is 6. The van der Waals surface area contributed by atoms with Gasteiger partial charge in [0.2, 0.25) is 0 Å². The van der Waals surface area contributed by atoms with Crippen LogP contribution in [0.1, 0.15) is 5.56 Å². The smallest absolute Gasteiger partial charge is 0.191 e. The van der Waals surface area contributed by atoms with Crippen LogP contribution in [0, 0.1) is 0 Å². The molecule has 7 nitrogen and oxygen atoms in total. The molecule has 2 heterocycles. The Bertz CT molecular complexity index is 664. The number of nitrogens with zero attached hydrogens (tertiary/aromatic N) is 4. The number of guanidine groups is 1. The summed E-state index contributed by atoms with van der Waals surface area (Å²) in [6.45, 7) is 6.23. The average molecular weight is 342 g/mol. The van der Waals surface area contributed by atoms with Gasteiger partial charge in [0.15, 0.2) is 5.96 Å². The first kappa shape index (κ1) is 17.4. The van der Waals surface area contributed by atoms with Crippen LogP contribution in [0.25, 0.3) is 5.69 Å². The third kappa shape index (κ3) is 5.04. The van der Waals surface area contributed by atoms with Gasteiger partial charge in [-0.25, -0.2) is 4.98 Å². The van der Waals surface area contributed by atoms with Crippen molar-refractivity contribution in [2.45, 2.75) is 6.54 Å². The Balaban J connectivity index is 1.50. The molecular formula is C18H26N6O. The molecule has 7 heteroatoms. The molecule has 0 spiro atoms. The maximum atomic E-state index is 5.37. The van der Waals surface area contributed by atoms with Crippen LogP contribution < -0.4 is 10.6 Å². The van der Waals surface area contributed by atoms with Gasteiger partial charge < -0.3 is 19.9 Å². The molecule has 0 unspecified atom stereocenters. The second kappa shape index (κ2) is 9.19. The lowest BCUT2D eigenvalue weighted by Gasteiger charge is -2.26. The van der Waals surface area contributed by atoms with Crippen LogP contribution in [0.4, 0.5) is 0 Å². The van der Waals surface area contributed by atoms with Gasteiger partial charge in [0, 0.05) is 52.2 Å². The first-order valence-corrected chi connectivity index (χ1v) is 8.67. The standard InChI is InChI=1S/C18H26N6O/c1-19-18(21-7-8-23-10-12-25-13-11-23)22-14-16-4-2-3-5-17(16)24-9-6-20-15-24/h2-6,9,15H,7-8,10-14H2,1H3,(H2,19,21,22). The van der Waals surface area contributed by atoms with E-state index in [0.717, 1.165) is 51.0 Å². The van der Waals surface area contributed by atoms with E-state index >= 15 is 0 Å². The molecule has 2 N–H and O–H groups in total. The number of imidazole rings is 1. The number of morpholine rings is 1. The van der Waals surface area contributed by atoms with Crippen LogP contribution >= 0.6 is 0 Å². The molecule has 1 fully saturated rings. The van der Waals surface area contributed by atoms with E-state index in [1.807, 2.05) is 29.2 Å². The van der Waals surface area contributed by atoms with Gasteiger partial charge in [0.25, 0.3) is 0 Å². The SMILES string of the molecule is CN=C(NCCN1CCOCC1)NCc1ccccc1-n1ccnc1. The van der Waals surface area contributed by atoms with Gasteiger partial charge in [-0.1, -0.05) is 18.2 Å². The Morgan fingerprint density at radius 3 is 2.84 bits per heavy atom. The van der Waals surface area contributed by atoms with Crippen LogP contribution in [-0.2, 0) is 11.3 Å². The maximum absolute atomic E-state index is 5.37. The summed E-state index contributed by atoms with van der Waals surface area (Å²) >= 11 is 0. The Labute approximate surface area is 148 Å².